The van der Waals surface area contributed by atoms with Gasteiger partial charge in [-0.2, -0.15) is 4.39 Å². The molecule has 4 N–H and O–H groups in total. The normalized spacial score (nSPS) is 10.8. The van der Waals surface area contributed by atoms with Crippen LogP contribution in [0.3, 0.4) is 0 Å². The zero-order valence-electron chi connectivity index (χ0n) is 20.2. The number of benzene rings is 2. The number of nitrogens with one attached hydrogen (secondary N) is 2. The van der Waals surface area contributed by atoms with Crippen LogP contribution in [0.25, 0.3) is 16.9 Å². The highest BCUT2D eigenvalue weighted by Crippen LogP contribution is 2.32. The number of carbonyl (C=O) groups is 1. The Morgan fingerprint density at radius 1 is 1.22 bits per heavy atom. The summed E-state index contributed by atoms with van der Waals surface area (Å²) in [4.78, 5) is 21.3. The molecule has 37 heavy (non-hydrogen) atoms. The number of aromatic nitrogens is 3. The molecule has 190 valence electrons. The molecule has 2 heterocycles. The van der Waals surface area contributed by atoms with Crippen LogP contribution in [0.4, 0.5) is 20.3 Å². The molecule has 0 radical (unpaired) electrons. The van der Waals surface area contributed by atoms with Crippen LogP contribution in [0.1, 0.15) is 29.3 Å². The molecule has 4 rings (SSSR count). The molecular weight excluding hydrogens is 478 g/mol. The van der Waals surface area contributed by atoms with Gasteiger partial charge in [-0.1, -0.05) is 12.8 Å². The van der Waals surface area contributed by atoms with Gasteiger partial charge >= 0.3 is 0 Å². The van der Waals surface area contributed by atoms with Gasteiger partial charge in [-0.3, -0.25) is 9.20 Å². The van der Waals surface area contributed by atoms with Gasteiger partial charge in [-0.05, 0) is 55.3 Å². The van der Waals surface area contributed by atoms with E-state index >= 15 is 0 Å². The second kappa shape index (κ2) is 11.5. The van der Waals surface area contributed by atoms with E-state index in [-0.39, 0.29) is 23.8 Å². The Morgan fingerprint density at radius 2 is 2.05 bits per heavy atom. The SMILES string of the molecule is C#CCOc1ccc(-c2cnc3c(Nc4ccc(C(=O)NCCCN)c(CC)c4)nccn23)c(F)c1F. The molecule has 0 unspecified atom stereocenters. The monoisotopic (exact) mass is 504 g/mol. The van der Waals surface area contributed by atoms with E-state index in [9.17, 15) is 13.6 Å². The lowest BCUT2D eigenvalue weighted by atomic mass is 10.0. The molecule has 0 aliphatic carbocycles. The fourth-order valence-electron chi connectivity index (χ4n) is 3.89. The largest absolute Gasteiger partial charge is 0.478 e. The number of nitrogens with two attached hydrogens (primary N) is 1. The van der Waals surface area contributed by atoms with E-state index < -0.39 is 11.6 Å². The number of hydrogen-bond acceptors (Lipinski definition) is 6. The number of carbonyl (C=O) groups excluding carboxylic acids is 1. The van der Waals surface area contributed by atoms with Crippen molar-refractivity contribution in [1.29, 1.82) is 0 Å². The van der Waals surface area contributed by atoms with E-state index in [0.717, 1.165) is 5.56 Å². The third-order valence-corrected chi connectivity index (χ3v) is 5.72. The number of amides is 1. The highest BCUT2D eigenvalue weighted by molar-refractivity contribution is 5.96. The molecule has 2 aromatic heterocycles. The minimum atomic E-state index is -1.13. The maximum Gasteiger partial charge on any atom is 0.251 e. The average molecular weight is 505 g/mol. The molecule has 4 aromatic rings. The quantitative estimate of drug-likeness (QED) is 0.222. The molecule has 0 saturated heterocycles. The van der Waals surface area contributed by atoms with Gasteiger partial charge in [0.15, 0.2) is 23.0 Å². The zero-order valence-corrected chi connectivity index (χ0v) is 20.2. The predicted molar refractivity (Wildman–Crippen MR) is 138 cm³/mol. The number of ether oxygens (including phenoxy) is 1. The molecule has 0 aliphatic rings. The lowest BCUT2D eigenvalue weighted by Gasteiger charge is -2.13. The second-order valence-corrected chi connectivity index (χ2v) is 8.09. The fraction of sp³-hybridized carbons (Fsp3) is 0.222. The summed E-state index contributed by atoms with van der Waals surface area (Å²) in [7, 11) is 0. The lowest BCUT2D eigenvalue weighted by Crippen LogP contribution is -2.26. The van der Waals surface area contributed by atoms with Crippen molar-refractivity contribution < 1.29 is 18.3 Å². The Bertz CT molecular complexity index is 1480. The Labute approximate surface area is 212 Å². The maximum absolute atomic E-state index is 14.9. The molecule has 2 aromatic carbocycles. The van der Waals surface area contributed by atoms with Crippen molar-refractivity contribution in [1.82, 2.24) is 19.7 Å². The second-order valence-electron chi connectivity index (χ2n) is 8.09. The van der Waals surface area contributed by atoms with Gasteiger partial charge in [0.2, 0.25) is 5.82 Å². The zero-order chi connectivity index (χ0) is 26.4. The van der Waals surface area contributed by atoms with Gasteiger partial charge in [0.1, 0.15) is 6.61 Å². The molecule has 0 spiro atoms. The van der Waals surface area contributed by atoms with Crippen LogP contribution in [0.15, 0.2) is 48.9 Å². The van der Waals surface area contributed by atoms with Gasteiger partial charge < -0.3 is 21.1 Å². The minimum Gasteiger partial charge on any atom is -0.478 e. The van der Waals surface area contributed by atoms with Crippen molar-refractivity contribution in [3.8, 4) is 29.4 Å². The van der Waals surface area contributed by atoms with E-state index in [1.165, 1.54) is 24.5 Å². The molecule has 0 bridgehead atoms. The third kappa shape index (κ3) is 5.37. The number of imidazole rings is 1. The van der Waals surface area contributed by atoms with E-state index in [1.54, 1.807) is 22.7 Å². The van der Waals surface area contributed by atoms with Crippen LogP contribution in [-0.4, -0.2) is 40.0 Å². The number of terminal acetylenes is 1. The van der Waals surface area contributed by atoms with Gasteiger partial charge in [0.05, 0.1) is 11.9 Å². The van der Waals surface area contributed by atoms with Crippen LogP contribution in [0, 0.1) is 24.0 Å². The van der Waals surface area contributed by atoms with E-state index in [0.29, 0.717) is 54.3 Å². The highest BCUT2D eigenvalue weighted by atomic mass is 19.2. The fourth-order valence-corrected chi connectivity index (χ4v) is 3.89. The number of halogens is 2. The Kier molecular flexibility index (Phi) is 7.95. The summed E-state index contributed by atoms with van der Waals surface area (Å²) < 4.78 is 36.1. The first-order valence-corrected chi connectivity index (χ1v) is 11.7. The molecular formula is C27H26F2N6O2. The molecule has 0 aliphatic heterocycles. The molecule has 8 nitrogen and oxygen atoms in total. The summed E-state index contributed by atoms with van der Waals surface area (Å²) in [5.74, 6) is 0.00576. The van der Waals surface area contributed by atoms with E-state index in [4.69, 9.17) is 16.9 Å². The standard InChI is InChI=1S/C27H26F2N6O2/c1-3-14-37-22-9-8-20(23(28)24(22)29)21-16-33-26-25(31-12-13-35(21)26)34-18-6-7-19(17(4-2)15-18)27(36)32-11-5-10-30/h1,6-9,12-13,15-16H,4-5,10-11,14,30H2,2H3,(H,31,34)(H,32,36). The summed E-state index contributed by atoms with van der Waals surface area (Å²) in [6, 6.07) is 8.13. The molecule has 1 amide bonds. The number of rotatable bonds is 10. The first-order chi connectivity index (χ1) is 18.0. The summed E-state index contributed by atoms with van der Waals surface area (Å²) in [5.41, 5.74) is 8.39. The molecule has 0 atom stereocenters. The van der Waals surface area contributed by atoms with Crippen LogP contribution < -0.4 is 21.1 Å². The summed E-state index contributed by atoms with van der Waals surface area (Å²) in [5, 5.41) is 6.08. The van der Waals surface area contributed by atoms with Gasteiger partial charge in [-0.25, -0.2) is 14.4 Å². The average Bonchev–Trinajstić information content (AvgIpc) is 3.34. The molecule has 0 fully saturated rings. The van der Waals surface area contributed by atoms with Crippen LogP contribution in [0.5, 0.6) is 5.75 Å². The number of aryl methyl sites for hydroxylation is 1. The van der Waals surface area contributed by atoms with Crippen molar-refractivity contribution in [2.24, 2.45) is 5.73 Å². The van der Waals surface area contributed by atoms with Crippen molar-refractivity contribution in [2.75, 3.05) is 25.0 Å². The van der Waals surface area contributed by atoms with Crippen molar-refractivity contribution >= 4 is 23.1 Å². The third-order valence-electron chi connectivity index (χ3n) is 5.72. The highest BCUT2D eigenvalue weighted by Gasteiger charge is 2.20. The van der Waals surface area contributed by atoms with Crippen molar-refractivity contribution in [3.05, 3.63) is 71.7 Å². The number of hydrogen-bond donors (Lipinski definition) is 3. The van der Waals surface area contributed by atoms with Gasteiger partial charge in [0.25, 0.3) is 5.91 Å². The van der Waals surface area contributed by atoms with Crippen molar-refractivity contribution in [3.63, 3.8) is 0 Å². The molecule has 10 heteroatoms. The van der Waals surface area contributed by atoms with Crippen LogP contribution >= 0.6 is 0 Å². The first kappa shape index (κ1) is 25.6. The van der Waals surface area contributed by atoms with Crippen molar-refractivity contribution in [2.45, 2.75) is 19.8 Å². The summed E-state index contributed by atoms with van der Waals surface area (Å²) in [6.07, 6.45) is 11.0. The number of nitrogens with zero attached hydrogens (tertiary/aromatic N) is 3. The van der Waals surface area contributed by atoms with E-state index in [2.05, 4.69) is 26.5 Å². The Hall–Kier alpha value is -4.49. The summed E-state index contributed by atoms with van der Waals surface area (Å²) in [6.45, 7) is 2.81. The Morgan fingerprint density at radius 3 is 2.81 bits per heavy atom. The van der Waals surface area contributed by atoms with Gasteiger partial charge in [0, 0.05) is 35.8 Å². The molecule has 0 saturated carbocycles. The predicted octanol–water partition coefficient (Wildman–Crippen LogP) is 4.07. The number of fused-ring (bicyclic) bond motifs is 1. The summed E-state index contributed by atoms with van der Waals surface area (Å²) >= 11 is 0. The van der Waals surface area contributed by atoms with E-state index in [1.807, 2.05) is 13.0 Å². The minimum absolute atomic E-state index is 0.00785. The maximum atomic E-state index is 14.9. The first-order valence-electron chi connectivity index (χ1n) is 11.7. The smallest absolute Gasteiger partial charge is 0.251 e. The van der Waals surface area contributed by atoms with Crippen LogP contribution in [-0.2, 0) is 6.42 Å². The lowest BCUT2D eigenvalue weighted by molar-refractivity contribution is 0.0952. The number of anilines is 2. The van der Waals surface area contributed by atoms with Crippen LogP contribution in [0.2, 0.25) is 0 Å². The Balaban J connectivity index is 1.63. The topological polar surface area (TPSA) is 107 Å². The van der Waals surface area contributed by atoms with Gasteiger partial charge in [-0.15, -0.1) is 6.42 Å².